The van der Waals surface area contributed by atoms with Crippen molar-refractivity contribution in [3.8, 4) is 0 Å². The zero-order chi connectivity index (χ0) is 19.9. The number of urea groups is 1. The summed E-state index contributed by atoms with van der Waals surface area (Å²) in [7, 11) is 0. The van der Waals surface area contributed by atoms with Crippen LogP contribution in [0.25, 0.3) is 0 Å². The van der Waals surface area contributed by atoms with Crippen LogP contribution in [0.5, 0.6) is 0 Å². The minimum absolute atomic E-state index is 0.205. The van der Waals surface area contributed by atoms with E-state index in [0.717, 1.165) is 16.7 Å². The highest BCUT2D eigenvalue weighted by atomic mass is 35.5. The average molecular weight is 394 g/mol. The van der Waals surface area contributed by atoms with Gasteiger partial charge in [0.15, 0.2) is 0 Å². The van der Waals surface area contributed by atoms with Gasteiger partial charge in [0, 0.05) is 17.1 Å². The SMILES string of the molecule is NC(=O)NCc1ccc(C(=O)NC(c2ccccc2)c2cccc(Cl)c2)cc1. The van der Waals surface area contributed by atoms with Crippen molar-refractivity contribution in [3.63, 3.8) is 0 Å². The molecule has 28 heavy (non-hydrogen) atoms. The molecule has 6 heteroatoms. The topological polar surface area (TPSA) is 84.2 Å². The highest BCUT2D eigenvalue weighted by molar-refractivity contribution is 6.30. The van der Waals surface area contributed by atoms with E-state index in [0.29, 0.717) is 17.1 Å². The minimum Gasteiger partial charge on any atom is -0.352 e. The van der Waals surface area contributed by atoms with Crippen molar-refractivity contribution in [2.45, 2.75) is 12.6 Å². The lowest BCUT2D eigenvalue weighted by molar-refractivity contribution is 0.0943. The third kappa shape index (κ3) is 5.11. The van der Waals surface area contributed by atoms with Gasteiger partial charge in [0.05, 0.1) is 6.04 Å². The van der Waals surface area contributed by atoms with Crippen molar-refractivity contribution in [1.82, 2.24) is 10.6 Å². The van der Waals surface area contributed by atoms with Crippen LogP contribution in [0, 0.1) is 0 Å². The van der Waals surface area contributed by atoms with Crippen molar-refractivity contribution in [1.29, 1.82) is 0 Å². The number of carbonyl (C=O) groups excluding carboxylic acids is 2. The molecule has 0 heterocycles. The number of nitrogens with one attached hydrogen (secondary N) is 2. The molecule has 4 N–H and O–H groups in total. The van der Waals surface area contributed by atoms with E-state index in [1.54, 1.807) is 30.3 Å². The highest BCUT2D eigenvalue weighted by Gasteiger charge is 2.18. The zero-order valence-corrected chi connectivity index (χ0v) is 15.8. The van der Waals surface area contributed by atoms with Crippen LogP contribution in [-0.2, 0) is 6.54 Å². The number of hydrogen-bond acceptors (Lipinski definition) is 2. The van der Waals surface area contributed by atoms with Gasteiger partial charge in [-0.25, -0.2) is 4.79 Å². The second-order valence-electron chi connectivity index (χ2n) is 6.29. The van der Waals surface area contributed by atoms with E-state index < -0.39 is 6.03 Å². The molecule has 1 atom stereocenters. The number of halogens is 1. The summed E-state index contributed by atoms with van der Waals surface area (Å²) in [6, 6.07) is 23.2. The first-order valence-electron chi connectivity index (χ1n) is 8.76. The maximum absolute atomic E-state index is 12.8. The van der Waals surface area contributed by atoms with Crippen molar-refractivity contribution in [3.05, 3.63) is 106 Å². The number of nitrogens with two attached hydrogens (primary N) is 1. The fourth-order valence-corrected chi connectivity index (χ4v) is 3.07. The molecule has 0 aliphatic rings. The average Bonchev–Trinajstić information content (AvgIpc) is 2.71. The molecule has 0 aliphatic heterocycles. The van der Waals surface area contributed by atoms with E-state index in [1.807, 2.05) is 48.5 Å². The number of rotatable bonds is 6. The van der Waals surface area contributed by atoms with Crippen LogP contribution in [0.1, 0.15) is 33.1 Å². The maximum atomic E-state index is 12.8. The highest BCUT2D eigenvalue weighted by Crippen LogP contribution is 2.25. The van der Waals surface area contributed by atoms with Gasteiger partial charge >= 0.3 is 6.03 Å². The van der Waals surface area contributed by atoms with E-state index in [4.69, 9.17) is 17.3 Å². The first-order chi connectivity index (χ1) is 13.5. The summed E-state index contributed by atoms with van der Waals surface area (Å²) in [5.41, 5.74) is 8.30. The molecule has 142 valence electrons. The Labute approximate surface area is 168 Å². The summed E-state index contributed by atoms with van der Waals surface area (Å²) >= 11 is 6.15. The van der Waals surface area contributed by atoms with E-state index in [2.05, 4.69) is 10.6 Å². The summed E-state index contributed by atoms with van der Waals surface area (Å²) in [4.78, 5) is 23.6. The van der Waals surface area contributed by atoms with Crippen molar-refractivity contribution >= 4 is 23.5 Å². The van der Waals surface area contributed by atoms with Crippen molar-refractivity contribution in [2.24, 2.45) is 5.73 Å². The third-order valence-corrected chi connectivity index (χ3v) is 4.51. The molecule has 0 aromatic heterocycles. The largest absolute Gasteiger partial charge is 0.352 e. The Morgan fingerprint density at radius 3 is 2.21 bits per heavy atom. The Morgan fingerprint density at radius 1 is 0.893 bits per heavy atom. The van der Waals surface area contributed by atoms with Gasteiger partial charge < -0.3 is 16.4 Å². The maximum Gasteiger partial charge on any atom is 0.312 e. The fourth-order valence-electron chi connectivity index (χ4n) is 2.87. The molecule has 0 fully saturated rings. The van der Waals surface area contributed by atoms with Gasteiger partial charge in [-0.2, -0.15) is 0 Å². The van der Waals surface area contributed by atoms with Crippen LogP contribution in [0.4, 0.5) is 4.79 Å². The summed E-state index contributed by atoms with van der Waals surface area (Å²) in [6.45, 7) is 0.312. The number of hydrogen-bond donors (Lipinski definition) is 3. The molecule has 3 aromatic rings. The zero-order valence-electron chi connectivity index (χ0n) is 15.1. The lowest BCUT2D eigenvalue weighted by atomic mass is 9.98. The van der Waals surface area contributed by atoms with E-state index >= 15 is 0 Å². The van der Waals surface area contributed by atoms with Crippen LogP contribution in [-0.4, -0.2) is 11.9 Å². The Kier molecular flexibility index (Phi) is 6.29. The van der Waals surface area contributed by atoms with Crippen LogP contribution >= 0.6 is 11.6 Å². The Bertz CT molecular complexity index is 959. The third-order valence-electron chi connectivity index (χ3n) is 4.27. The summed E-state index contributed by atoms with van der Waals surface area (Å²) in [5, 5.41) is 6.20. The predicted octanol–water partition coefficient (Wildman–Crippen LogP) is 4.03. The van der Waals surface area contributed by atoms with Crippen LogP contribution < -0.4 is 16.4 Å². The van der Waals surface area contributed by atoms with Crippen LogP contribution in [0.15, 0.2) is 78.9 Å². The minimum atomic E-state index is -0.589. The predicted molar refractivity (Wildman–Crippen MR) is 110 cm³/mol. The van der Waals surface area contributed by atoms with Crippen molar-refractivity contribution < 1.29 is 9.59 Å². The first-order valence-corrected chi connectivity index (χ1v) is 9.14. The van der Waals surface area contributed by atoms with Gasteiger partial charge in [-0.05, 0) is 41.0 Å². The second kappa shape index (κ2) is 9.06. The van der Waals surface area contributed by atoms with Crippen LogP contribution in [0.3, 0.4) is 0 Å². The van der Waals surface area contributed by atoms with Gasteiger partial charge in [-0.3, -0.25) is 4.79 Å². The number of carbonyl (C=O) groups is 2. The Balaban J connectivity index is 1.80. The van der Waals surface area contributed by atoms with Gasteiger partial charge in [-0.1, -0.05) is 66.2 Å². The van der Waals surface area contributed by atoms with Crippen molar-refractivity contribution in [2.75, 3.05) is 0 Å². The van der Waals surface area contributed by atoms with Gasteiger partial charge in [0.25, 0.3) is 5.91 Å². The molecule has 0 aliphatic carbocycles. The van der Waals surface area contributed by atoms with E-state index in [9.17, 15) is 9.59 Å². The molecular formula is C22H20ClN3O2. The Morgan fingerprint density at radius 2 is 1.57 bits per heavy atom. The molecule has 0 spiro atoms. The van der Waals surface area contributed by atoms with E-state index in [1.165, 1.54) is 0 Å². The number of amides is 3. The smallest absolute Gasteiger partial charge is 0.312 e. The quantitative estimate of drug-likeness (QED) is 0.590. The lowest BCUT2D eigenvalue weighted by Gasteiger charge is -2.20. The summed E-state index contributed by atoms with van der Waals surface area (Å²) in [5.74, 6) is -0.205. The molecule has 0 radical (unpaired) electrons. The van der Waals surface area contributed by atoms with Gasteiger partial charge in [0.1, 0.15) is 0 Å². The molecule has 3 rings (SSSR count). The first kappa shape index (κ1) is 19.5. The van der Waals surface area contributed by atoms with E-state index in [-0.39, 0.29) is 11.9 Å². The molecule has 1 unspecified atom stereocenters. The molecular weight excluding hydrogens is 374 g/mol. The normalized spacial score (nSPS) is 11.5. The van der Waals surface area contributed by atoms with Crippen LogP contribution in [0.2, 0.25) is 5.02 Å². The molecule has 0 saturated carbocycles. The monoisotopic (exact) mass is 393 g/mol. The standard InChI is InChI=1S/C22H20ClN3O2/c23-19-8-4-7-18(13-19)20(16-5-2-1-3-6-16)26-21(27)17-11-9-15(10-12-17)14-25-22(24)28/h1-13,20H,14H2,(H,26,27)(H3,24,25,28). The summed E-state index contributed by atoms with van der Waals surface area (Å²) < 4.78 is 0. The summed E-state index contributed by atoms with van der Waals surface area (Å²) in [6.07, 6.45) is 0. The molecule has 0 saturated heterocycles. The molecule has 5 nitrogen and oxygen atoms in total. The molecule has 0 bridgehead atoms. The Hall–Kier alpha value is -3.31. The molecule has 3 aromatic carbocycles. The second-order valence-corrected chi connectivity index (χ2v) is 6.72. The number of primary amides is 1. The van der Waals surface area contributed by atoms with Gasteiger partial charge in [0.2, 0.25) is 0 Å². The fraction of sp³-hybridized carbons (Fsp3) is 0.0909. The molecule has 3 amide bonds. The van der Waals surface area contributed by atoms with Gasteiger partial charge in [-0.15, -0.1) is 0 Å². The lowest BCUT2D eigenvalue weighted by Crippen LogP contribution is -2.29. The number of benzene rings is 3.